The highest BCUT2D eigenvalue weighted by molar-refractivity contribution is 7.99. The van der Waals surface area contributed by atoms with Crippen molar-refractivity contribution in [1.82, 2.24) is 0 Å². The second-order valence-corrected chi connectivity index (χ2v) is 25.4. The van der Waals surface area contributed by atoms with Crippen molar-refractivity contribution >= 4 is 28.8 Å². The van der Waals surface area contributed by atoms with Gasteiger partial charge in [0.1, 0.15) is 0 Å². The van der Waals surface area contributed by atoms with Gasteiger partial charge in [0.05, 0.1) is 0 Å². The Balaban J connectivity index is 0.910. The monoisotopic (exact) mass is 855 g/mol. The molecule has 7 aliphatic rings. The number of rotatable bonds is 5. The first-order valence-corrected chi connectivity index (χ1v) is 25.6. The molecule has 6 aliphatic carbocycles. The molecule has 0 N–H and O–H groups in total. The van der Waals surface area contributed by atoms with Crippen LogP contribution in [0.2, 0.25) is 0 Å². The molecule has 0 radical (unpaired) electrons. The summed E-state index contributed by atoms with van der Waals surface area (Å²) in [6.45, 7) is 19.4. The molecule has 2 heteroatoms. The summed E-state index contributed by atoms with van der Waals surface area (Å²) in [4.78, 5) is 5.48. The van der Waals surface area contributed by atoms with Gasteiger partial charge < -0.3 is 4.90 Å². The lowest BCUT2D eigenvalue weighted by Gasteiger charge is -2.78. The molecule has 13 rings (SSSR count). The summed E-state index contributed by atoms with van der Waals surface area (Å²) in [5.41, 5.74) is 19.7. The number of nitrogens with zero attached hydrogens (tertiary/aromatic N) is 1. The molecule has 6 atom stereocenters. The maximum absolute atomic E-state index is 2.59. The normalized spacial score (nSPS) is 29.6. The van der Waals surface area contributed by atoms with Crippen LogP contribution >= 0.6 is 11.8 Å². The first-order valence-electron chi connectivity index (χ1n) is 24.8. The van der Waals surface area contributed by atoms with Crippen LogP contribution in [0.5, 0.6) is 0 Å². The summed E-state index contributed by atoms with van der Waals surface area (Å²) in [6, 6.07) is 50.7. The molecule has 2 spiro atoms. The summed E-state index contributed by atoms with van der Waals surface area (Å²) in [5, 5.41) is 0. The molecular formula is C62H65NS. The fraction of sp³-hybridized carbons (Fsp3) is 0.419. The Morgan fingerprint density at radius 1 is 0.422 bits per heavy atom. The molecule has 1 heterocycles. The highest BCUT2D eigenvalue weighted by atomic mass is 32.2. The van der Waals surface area contributed by atoms with Gasteiger partial charge in [0.2, 0.25) is 0 Å². The molecule has 64 heavy (non-hydrogen) atoms. The van der Waals surface area contributed by atoms with E-state index in [0.717, 1.165) is 23.7 Å². The Bertz CT molecular complexity index is 2790. The highest BCUT2D eigenvalue weighted by Crippen LogP contribution is 2.89. The van der Waals surface area contributed by atoms with Crippen LogP contribution in [0.1, 0.15) is 140 Å². The van der Waals surface area contributed by atoms with Crippen molar-refractivity contribution < 1.29 is 0 Å². The molecule has 6 unspecified atom stereocenters. The fourth-order valence-corrected chi connectivity index (χ4v) is 17.1. The summed E-state index contributed by atoms with van der Waals surface area (Å²) in [6.07, 6.45) is 10.8. The van der Waals surface area contributed by atoms with Crippen LogP contribution < -0.4 is 4.90 Å². The SMILES string of the molecule is CC1(C)CCC(C)(C)c2cc(-c3ccc(N(c4ccc(-c5ccc6c(c5)C(C)(C)CCC6(C)C)cc4)c4ccc5c(c4)Sc4ccccc4C54C5CC6CC7CC4C75C6)cc3)ccc21. The number of anilines is 3. The average molecular weight is 856 g/mol. The van der Waals surface area contributed by atoms with E-state index >= 15 is 0 Å². The van der Waals surface area contributed by atoms with Crippen molar-refractivity contribution in [2.24, 2.45) is 29.1 Å². The first-order chi connectivity index (χ1) is 30.6. The number of hydrogen-bond acceptors (Lipinski definition) is 2. The van der Waals surface area contributed by atoms with E-state index in [9.17, 15) is 0 Å². The van der Waals surface area contributed by atoms with E-state index in [-0.39, 0.29) is 27.1 Å². The van der Waals surface area contributed by atoms with Crippen LogP contribution in [0.15, 0.2) is 137 Å². The Labute approximate surface area is 387 Å². The lowest BCUT2D eigenvalue weighted by molar-refractivity contribution is -0.235. The van der Waals surface area contributed by atoms with Gasteiger partial charge in [-0.15, -0.1) is 0 Å². The molecule has 4 saturated carbocycles. The van der Waals surface area contributed by atoms with E-state index in [1.165, 1.54) is 123 Å². The Morgan fingerprint density at radius 3 is 1.45 bits per heavy atom. The molecule has 2 bridgehead atoms. The van der Waals surface area contributed by atoms with Crippen LogP contribution in [0.3, 0.4) is 0 Å². The zero-order chi connectivity index (χ0) is 43.8. The summed E-state index contributed by atoms with van der Waals surface area (Å²) in [7, 11) is 0. The second kappa shape index (κ2) is 13.1. The summed E-state index contributed by atoms with van der Waals surface area (Å²) in [5.74, 6) is 3.53. The van der Waals surface area contributed by atoms with Crippen molar-refractivity contribution in [3.05, 3.63) is 161 Å². The lowest BCUT2D eigenvalue weighted by Crippen LogP contribution is -2.74. The molecule has 0 aromatic heterocycles. The van der Waals surface area contributed by atoms with Crippen LogP contribution in [0, 0.1) is 29.1 Å². The third-order valence-electron chi connectivity index (χ3n) is 19.4. The molecule has 1 nitrogen and oxygen atoms in total. The second-order valence-electron chi connectivity index (χ2n) is 24.3. The van der Waals surface area contributed by atoms with E-state index in [4.69, 9.17) is 0 Å². The smallest absolute Gasteiger partial charge is 0.0473 e. The molecule has 6 aromatic rings. The van der Waals surface area contributed by atoms with Crippen LogP contribution in [-0.2, 0) is 27.1 Å². The minimum atomic E-state index is 0.173. The van der Waals surface area contributed by atoms with Gasteiger partial charge >= 0.3 is 0 Å². The fourth-order valence-electron chi connectivity index (χ4n) is 15.8. The third kappa shape index (κ3) is 5.27. The largest absolute Gasteiger partial charge is 0.310 e. The number of hydrogen-bond donors (Lipinski definition) is 0. The van der Waals surface area contributed by atoms with Crippen molar-refractivity contribution in [3.8, 4) is 22.3 Å². The predicted molar refractivity (Wildman–Crippen MR) is 269 cm³/mol. The van der Waals surface area contributed by atoms with Gasteiger partial charge in [-0.05, 0) is 200 Å². The molecule has 1 aliphatic heterocycles. The Kier molecular flexibility index (Phi) is 8.14. The number of benzene rings is 6. The topological polar surface area (TPSA) is 3.24 Å². The molecule has 4 fully saturated rings. The zero-order valence-corrected chi connectivity index (χ0v) is 40.3. The van der Waals surface area contributed by atoms with Gasteiger partial charge in [-0.3, -0.25) is 0 Å². The van der Waals surface area contributed by atoms with E-state index in [1.54, 1.807) is 11.1 Å². The quantitative estimate of drug-likeness (QED) is 0.170. The maximum atomic E-state index is 2.59. The first kappa shape index (κ1) is 39.8. The van der Waals surface area contributed by atoms with Gasteiger partial charge in [-0.1, -0.05) is 152 Å². The van der Waals surface area contributed by atoms with Crippen molar-refractivity contribution in [2.45, 2.75) is 144 Å². The minimum Gasteiger partial charge on any atom is -0.310 e. The molecular weight excluding hydrogens is 791 g/mol. The average Bonchev–Trinajstić information content (AvgIpc) is 3.82. The van der Waals surface area contributed by atoms with E-state index < -0.39 is 0 Å². The Hall–Kier alpha value is -4.53. The summed E-state index contributed by atoms with van der Waals surface area (Å²) >= 11 is 2.02. The van der Waals surface area contributed by atoms with Crippen molar-refractivity contribution in [3.63, 3.8) is 0 Å². The van der Waals surface area contributed by atoms with Crippen LogP contribution in [0.25, 0.3) is 22.3 Å². The van der Waals surface area contributed by atoms with Gasteiger partial charge in [-0.2, -0.15) is 0 Å². The van der Waals surface area contributed by atoms with Gasteiger partial charge in [0.25, 0.3) is 0 Å². The van der Waals surface area contributed by atoms with Gasteiger partial charge in [0.15, 0.2) is 0 Å². The van der Waals surface area contributed by atoms with E-state index in [0.29, 0.717) is 5.41 Å². The van der Waals surface area contributed by atoms with Crippen LogP contribution in [0.4, 0.5) is 17.1 Å². The lowest BCUT2D eigenvalue weighted by atomic mass is 9.26. The minimum absolute atomic E-state index is 0.173. The predicted octanol–water partition coefficient (Wildman–Crippen LogP) is 17.0. The number of fused-ring (bicyclic) bond motifs is 9. The molecule has 324 valence electrons. The molecule has 0 saturated heterocycles. The Morgan fingerprint density at radius 2 is 0.891 bits per heavy atom. The zero-order valence-electron chi connectivity index (χ0n) is 39.4. The standard InChI is InChI=1S/C62H65NS/c1-57(2)27-29-59(5,6)51-33-41(17-24-47(51)57)39-13-19-44(20-14-39)63(45-21-15-40(16-22-45)42-18-25-48-52(34-42)60(7,8)30-28-58(48,3)4)46-23-26-50-54(36-46)64-53-12-10-9-11-49(53)62(50)55-32-38-31-43-35-56(62)61(43,55)37-38/h9-26,33-34,36,38,43,55-56H,27-32,35,37H2,1-8H3. The molecule has 6 aromatic carbocycles. The molecule has 0 amide bonds. The highest BCUT2D eigenvalue weighted by Gasteiger charge is 2.84. The van der Waals surface area contributed by atoms with Crippen molar-refractivity contribution in [2.75, 3.05) is 4.90 Å². The van der Waals surface area contributed by atoms with E-state index in [2.05, 4.69) is 188 Å². The van der Waals surface area contributed by atoms with Gasteiger partial charge in [-0.25, -0.2) is 0 Å². The van der Waals surface area contributed by atoms with Gasteiger partial charge in [0, 0.05) is 32.3 Å². The van der Waals surface area contributed by atoms with Crippen LogP contribution in [-0.4, -0.2) is 0 Å². The summed E-state index contributed by atoms with van der Waals surface area (Å²) < 4.78 is 0. The van der Waals surface area contributed by atoms with Crippen molar-refractivity contribution in [1.29, 1.82) is 0 Å². The maximum Gasteiger partial charge on any atom is 0.0473 e. The third-order valence-corrected chi connectivity index (χ3v) is 20.5. The van der Waals surface area contributed by atoms with E-state index in [1.807, 2.05) is 11.8 Å².